The molecule has 3 aliphatic rings. The third kappa shape index (κ3) is 1.66. The normalized spacial score (nSPS) is 42.9. The fourth-order valence-corrected chi connectivity index (χ4v) is 5.82. The summed E-state index contributed by atoms with van der Waals surface area (Å²) in [5.41, 5.74) is 1.69. The number of rotatable bonds is 0. The van der Waals surface area contributed by atoms with Crippen molar-refractivity contribution in [3.63, 3.8) is 0 Å². The molecule has 0 bridgehead atoms. The minimum atomic E-state index is -0.919. The van der Waals surface area contributed by atoms with E-state index in [1.54, 1.807) is 0 Å². The van der Waals surface area contributed by atoms with Crippen LogP contribution in [0, 0.1) is 29.6 Å². The zero-order valence-electron chi connectivity index (χ0n) is 13.2. The van der Waals surface area contributed by atoms with E-state index in [0.717, 1.165) is 38.5 Å². The molecular weight excluding hydrogens is 272 g/mol. The third-order valence-electron chi connectivity index (χ3n) is 7.10. The van der Waals surface area contributed by atoms with Crippen molar-refractivity contribution < 1.29 is 10.2 Å². The third-order valence-corrected chi connectivity index (χ3v) is 7.10. The van der Waals surface area contributed by atoms with Crippen molar-refractivity contribution in [1.82, 2.24) is 0 Å². The average Bonchev–Trinajstić information content (AvgIpc) is 2.79. The van der Waals surface area contributed by atoms with Crippen molar-refractivity contribution >= 4 is 0 Å². The second kappa shape index (κ2) is 4.52. The highest BCUT2D eigenvalue weighted by Gasteiger charge is 2.61. The summed E-state index contributed by atoms with van der Waals surface area (Å²) in [5, 5.41) is 20.6. The number of hydrogen-bond acceptors (Lipinski definition) is 2. The zero-order valence-corrected chi connectivity index (χ0v) is 13.2. The van der Waals surface area contributed by atoms with Gasteiger partial charge in [0.1, 0.15) is 11.4 Å². The van der Waals surface area contributed by atoms with Crippen molar-refractivity contribution in [1.29, 1.82) is 0 Å². The van der Waals surface area contributed by atoms with E-state index in [1.165, 1.54) is 11.1 Å². The Labute approximate surface area is 132 Å². The SMILES string of the molecule is C#C[C@]1(O)CC[C@H]2[C@H]3CCc4cc(O)ccc4[C@H]3CC[C@@]21C. The molecule has 0 radical (unpaired) electrons. The number of aryl methyl sites for hydroxylation is 1. The summed E-state index contributed by atoms with van der Waals surface area (Å²) in [6.45, 7) is 2.22. The van der Waals surface area contributed by atoms with Gasteiger partial charge in [-0.2, -0.15) is 0 Å². The van der Waals surface area contributed by atoms with Crippen molar-refractivity contribution in [2.24, 2.45) is 17.3 Å². The van der Waals surface area contributed by atoms with E-state index in [4.69, 9.17) is 6.42 Å². The van der Waals surface area contributed by atoms with Crippen LogP contribution in [-0.4, -0.2) is 15.8 Å². The van der Waals surface area contributed by atoms with E-state index in [9.17, 15) is 10.2 Å². The molecule has 2 saturated carbocycles. The first-order valence-electron chi connectivity index (χ1n) is 8.50. The van der Waals surface area contributed by atoms with Crippen LogP contribution in [0.15, 0.2) is 18.2 Å². The Morgan fingerprint density at radius 1 is 1.23 bits per heavy atom. The number of terminal acetylenes is 1. The highest BCUT2D eigenvalue weighted by molar-refractivity contribution is 5.40. The Hall–Kier alpha value is -1.46. The van der Waals surface area contributed by atoms with Gasteiger partial charge in [-0.25, -0.2) is 0 Å². The van der Waals surface area contributed by atoms with E-state index < -0.39 is 5.60 Å². The maximum Gasteiger partial charge on any atom is 0.130 e. The van der Waals surface area contributed by atoms with Crippen molar-refractivity contribution in [2.75, 3.05) is 0 Å². The van der Waals surface area contributed by atoms with Crippen LogP contribution >= 0.6 is 0 Å². The second-order valence-electron chi connectivity index (χ2n) is 7.80. The van der Waals surface area contributed by atoms with Crippen molar-refractivity contribution in [3.05, 3.63) is 29.3 Å². The van der Waals surface area contributed by atoms with E-state index in [-0.39, 0.29) is 5.41 Å². The Kier molecular flexibility index (Phi) is 2.91. The molecule has 4 rings (SSSR count). The van der Waals surface area contributed by atoms with Gasteiger partial charge in [0.05, 0.1) is 0 Å². The van der Waals surface area contributed by atoms with Crippen LogP contribution in [0.5, 0.6) is 5.75 Å². The topological polar surface area (TPSA) is 40.5 Å². The van der Waals surface area contributed by atoms with Gasteiger partial charge in [-0.3, -0.25) is 0 Å². The summed E-state index contributed by atoms with van der Waals surface area (Å²) in [5.74, 6) is 4.82. The molecule has 2 N–H and O–H groups in total. The fourth-order valence-electron chi connectivity index (χ4n) is 5.82. The lowest BCUT2D eigenvalue weighted by Gasteiger charge is -2.52. The van der Waals surface area contributed by atoms with Gasteiger partial charge in [0.2, 0.25) is 0 Å². The van der Waals surface area contributed by atoms with Gasteiger partial charge in [0.25, 0.3) is 0 Å². The molecule has 0 heterocycles. The minimum absolute atomic E-state index is 0.128. The van der Waals surface area contributed by atoms with Gasteiger partial charge in [-0.1, -0.05) is 18.9 Å². The van der Waals surface area contributed by atoms with Gasteiger partial charge in [-0.15, -0.1) is 6.42 Å². The molecule has 0 aromatic heterocycles. The second-order valence-corrected chi connectivity index (χ2v) is 7.80. The van der Waals surface area contributed by atoms with Crippen molar-refractivity contribution in [2.45, 2.75) is 57.0 Å². The lowest BCUT2D eigenvalue weighted by atomic mass is 9.53. The summed E-state index contributed by atoms with van der Waals surface area (Å²) in [4.78, 5) is 0. The predicted octanol–water partition coefficient (Wildman–Crippen LogP) is 3.61. The van der Waals surface area contributed by atoms with Gasteiger partial charge in [0.15, 0.2) is 0 Å². The van der Waals surface area contributed by atoms with E-state index >= 15 is 0 Å². The van der Waals surface area contributed by atoms with Gasteiger partial charge < -0.3 is 10.2 Å². The summed E-state index contributed by atoms with van der Waals surface area (Å²) < 4.78 is 0. The predicted molar refractivity (Wildman–Crippen MR) is 86.5 cm³/mol. The Morgan fingerprint density at radius 2 is 2.05 bits per heavy atom. The molecule has 0 spiro atoms. The van der Waals surface area contributed by atoms with Crippen LogP contribution in [0.1, 0.15) is 56.1 Å². The summed E-state index contributed by atoms with van der Waals surface area (Å²) in [6.07, 6.45) is 11.8. The molecular formula is C20H24O2. The van der Waals surface area contributed by atoms with Gasteiger partial charge >= 0.3 is 0 Å². The Bertz CT molecular complexity index is 658. The summed E-state index contributed by atoms with van der Waals surface area (Å²) in [6, 6.07) is 5.87. The molecule has 1 aromatic carbocycles. The number of phenolic OH excluding ortho intramolecular Hbond substituents is 1. The van der Waals surface area contributed by atoms with Gasteiger partial charge in [0, 0.05) is 5.41 Å². The van der Waals surface area contributed by atoms with Crippen LogP contribution in [0.2, 0.25) is 0 Å². The smallest absolute Gasteiger partial charge is 0.130 e. The molecule has 0 aliphatic heterocycles. The van der Waals surface area contributed by atoms with Crippen molar-refractivity contribution in [3.8, 4) is 18.1 Å². The Morgan fingerprint density at radius 3 is 2.82 bits per heavy atom. The summed E-state index contributed by atoms with van der Waals surface area (Å²) >= 11 is 0. The minimum Gasteiger partial charge on any atom is -0.508 e. The number of aromatic hydroxyl groups is 1. The maximum atomic E-state index is 10.9. The number of benzene rings is 1. The van der Waals surface area contributed by atoms with Crippen LogP contribution in [0.3, 0.4) is 0 Å². The van der Waals surface area contributed by atoms with E-state index in [0.29, 0.717) is 23.5 Å². The maximum absolute atomic E-state index is 10.9. The van der Waals surface area contributed by atoms with Crippen LogP contribution in [0.4, 0.5) is 0 Å². The molecule has 22 heavy (non-hydrogen) atoms. The molecule has 2 heteroatoms. The first kappa shape index (κ1) is 14.2. The van der Waals surface area contributed by atoms with E-state index in [2.05, 4.69) is 18.9 Å². The number of fused-ring (bicyclic) bond motifs is 5. The molecule has 2 nitrogen and oxygen atoms in total. The number of hydrogen-bond donors (Lipinski definition) is 2. The Balaban J connectivity index is 1.72. The molecule has 2 fully saturated rings. The van der Waals surface area contributed by atoms with E-state index in [1.807, 2.05) is 12.1 Å². The van der Waals surface area contributed by atoms with Crippen LogP contribution in [0.25, 0.3) is 0 Å². The van der Waals surface area contributed by atoms with Gasteiger partial charge in [-0.05, 0) is 79.5 Å². The molecule has 0 amide bonds. The summed E-state index contributed by atoms with van der Waals surface area (Å²) in [7, 11) is 0. The molecule has 116 valence electrons. The number of phenols is 1. The largest absolute Gasteiger partial charge is 0.508 e. The van der Waals surface area contributed by atoms with Crippen LogP contribution < -0.4 is 0 Å². The highest BCUT2D eigenvalue weighted by atomic mass is 16.3. The lowest BCUT2D eigenvalue weighted by molar-refractivity contribution is -0.0646. The van der Waals surface area contributed by atoms with Crippen LogP contribution in [-0.2, 0) is 6.42 Å². The molecule has 0 unspecified atom stereocenters. The zero-order chi connectivity index (χ0) is 15.5. The standard InChI is InChI=1S/C20H24O2/c1-3-20(22)11-9-18-17-6-4-13-12-14(21)5-7-15(13)16(17)8-10-19(18,20)2/h1,5,7,12,16-18,21-22H,4,6,8-11H2,2H3/t16-,17+,18+,19+,20+/m1/s1. The number of aliphatic hydroxyl groups is 1. The fraction of sp³-hybridized carbons (Fsp3) is 0.600. The first-order valence-corrected chi connectivity index (χ1v) is 8.50. The first-order chi connectivity index (χ1) is 10.5. The highest BCUT2D eigenvalue weighted by Crippen LogP contribution is 2.64. The lowest BCUT2D eigenvalue weighted by Crippen LogP contribution is -2.50. The molecule has 5 atom stereocenters. The molecule has 3 aliphatic carbocycles. The molecule has 0 saturated heterocycles. The molecule has 1 aromatic rings. The monoisotopic (exact) mass is 296 g/mol. The average molecular weight is 296 g/mol. The quantitative estimate of drug-likeness (QED) is 0.718.